The fourth-order valence-corrected chi connectivity index (χ4v) is 1.16. The van der Waals surface area contributed by atoms with Crippen molar-refractivity contribution in [2.24, 2.45) is 5.73 Å². The van der Waals surface area contributed by atoms with Gasteiger partial charge in [-0.05, 0) is 18.2 Å². The molecule has 5 nitrogen and oxygen atoms in total. The second kappa shape index (κ2) is 5.21. The Kier molecular flexibility index (Phi) is 3.93. The maximum absolute atomic E-state index is 11.5. The molecule has 0 fully saturated rings. The molecule has 0 spiro atoms. The molecule has 0 saturated heterocycles. The molecule has 0 aliphatic carbocycles. The van der Waals surface area contributed by atoms with E-state index in [-0.39, 0.29) is 5.91 Å². The van der Waals surface area contributed by atoms with Crippen molar-refractivity contribution in [1.82, 2.24) is 5.32 Å². The van der Waals surface area contributed by atoms with Crippen molar-refractivity contribution in [1.29, 1.82) is 0 Å². The summed E-state index contributed by atoms with van der Waals surface area (Å²) in [6.07, 6.45) is 0. The first-order chi connectivity index (χ1) is 7.19. The molecule has 0 atom stereocenters. The average Bonchev–Trinajstić information content (AvgIpc) is 2.25. The molecule has 15 heavy (non-hydrogen) atoms. The topological polar surface area (TPSA) is 90.4 Å². The number of nitrogens with two attached hydrogens (primary N) is 2. The second-order valence-electron chi connectivity index (χ2n) is 3.00. The standard InChI is InChI=1S/C10H15N3O2/c1-15-9-3-2-7(6-8(9)12)10(14)13-5-4-11/h2-3,6H,4-5,11-12H2,1H3,(H,13,14). The van der Waals surface area contributed by atoms with Crippen LogP contribution in [0.4, 0.5) is 5.69 Å². The number of nitrogens with one attached hydrogen (secondary N) is 1. The van der Waals surface area contributed by atoms with E-state index in [1.165, 1.54) is 7.11 Å². The third-order valence-corrected chi connectivity index (χ3v) is 1.92. The van der Waals surface area contributed by atoms with Crippen molar-refractivity contribution in [3.05, 3.63) is 23.8 Å². The number of carbonyl (C=O) groups excluding carboxylic acids is 1. The Morgan fingerprint density at radius 1 is 1.53 bits per heavy atom. The third-order valence-electron chi connectivity index (χ3n) is 1.92. The number of hydrogen-bond donors (Lipinski definition) is 3. The highest BCUT2D eigenvalue weighted by Crippen LogP contribution is 2.21. The number of benzene rings is 1. The number of methoxy groups -OCH3 is 1. The third kappa shape index (κ3) is 2.85. The maximum Gasteiger partial charge on any atom is 0.251 e. The number of carbonyl (C=O) groups is 1. The van der Waals surface area contributed by atoms with Gasteiger partial charge in [0.2, 0.25) is 0 Å². The molecule has 0 heterocycles. The summed E-state index contributed by atoms with van der Waals surface area (Å²) >= 11 is 0. The quantitative estimate of drug-likeness (QED) is 0.607. The molecule has 82 valence electrons. The SMILES string of the molecule is COc1ccc(C(=O)NCCN)cc1N. The Labute approximate surface area is 88.4 Å². The van der Waals surface area contributed by atoms with Crippen LogP contribution in [0.2, 0.25) is 0 Å². The van der Waals surface area contributed by atoms with Crippen molar-refractivity contribution in [2.45, 2.75) is 0 Å². The van der Waals surface area contributed by atoms with Crippen LogP contribution in [0.5, 0.6) is 5.75 Å². The summed E-state index contributed by atoms with van der Waals surface area (Å²) in [6, 6.07) is 4.89. The zero-order valence-electron chi connectivity index (χ0n) is 8.62. The van der Waals surface area contributed by atoms with Crippen LogP contribution in [0.3, 0.4) is 0 Å². The van der Waals surface area contributed by atoms with E-state index >= 15 is 0 Å². The van der Waals surface area contributed by atoms with Gasteiger partial charge in [-0.3, -0.25) is 4.79 Å². The summed E-state index contributed by atoms with van der Waals surface area (Å²) in [6.45, 7) is 0.863. The first-order valence-corrected chi connectivity index (χ1v) is 4.61. The van der Waals surface area contributed by atoms with Gasteiger partial charge in [-0.25, -0.2) is 0 Å². The molecule has 5 heteroatoms. The van der Waals surface area contributed by atoms with Crippen LogP contribution in [0, 0.1) is 0 Å². The van der Waals surface area contributed by atoms with Gasteiger partial charge in [0.05, 0.1) is 12.8 Å². The first kappa shape index (κ1) is 11.3. The van der Waals surface area contributed by atoms with Gasteiger partial charge in [-0.2, -0.15) is 0 Å². The fraction of sp³-hybridized carbons (Fsp3) is 0.300. The van der Waals surface area contributed by atoms with Gasteiger partial charge in [0, 0.05) is 18.7 Å². The summed E-state index contributed by atoms with van der Waals surface area (Å²) in [5.41, 5.74) is 11.9. The molecule has 0 saturated carbocycles. The lowest BCUT2D eigenvalue weighted by atomic mass is 10.2. The van der Waals surface area contributed by atoms with E-state index < -0.39 is 0 Å². The Hall–Kier alpha value is -1.75. The Balaban J connectivity index is 2.78. The van der Waals surface area contributed by atoms with E-state index in [9.17, 15) is 4.79 Å². The van der Waals surface area contributed by atoms with Crippen molar-refractivity contribution in [2.75, 3.05) is 25.9 Å². The summed E-state index contributed by atoms with van der Waals surface area (Å²) in [4.78, 5) is 11.5. The number of rotatable bonds is 4. The Morgan fingerprint density at radius 2 is 2.27 bits per heavy atom. The summed E-state index contributed by atoms with van der Waals surface area (Å²) in [7, 11) is 1.53. The molecular formula is C10H15N3O2. The van der Waals surface area contributed by atoms with Crippen LogP contribution in [0.15, 0.2) is 18.2 Å². The minimum Gasteiger partial charge on any atom is -0.495 e. The van der Waals surface area contributed by atoms with Gasteiger partial charge in [0.15, 0.2) is 0 Å². The predicted molar refractivity (Wildman–Crippen MR) is 58.8 cm³/mol. The molecule has 0 unspecified atom stereocenters. The molecule has 0 aliphatic heterocycles. The number of anilines is 1. The van der Waals surface area contributed by atoms with E-state index in [2.05, 4.69) is 5.32 Å². The second-order valence-corrected chi connectivity index (χ2v) is 3.00. The van der Waals surface area contributed by atoms with E-state index in [0.717, 1.165) is 0 Å². The molecule has 1 amide bonds. The van der Waals surface area contributed by atoms with Crippen molar-refractivity contribution in [3.63, 3.8) is 0 Å². The lowest BCUT2D eigenvalue weighted by Crippen LogP contribution is -2.29. The molecule has 0 aromatic heterocycles. The monoisotopic (exact) mass is 209 g/mol. The highest BCUT2D eigenvalue weighted by molar-refractivity contribution is 5.95. The molecule has 0 aliphatic rings. The normalized spacial score (nSPS) is 9.73. The zero-order chi connectivity index (χ0) is 11.3. The lowest BCUT2D eigenvalue weighted by molar-refractivity contribution is 0.0955. The van der Waals surface area contributed by atoms with Crippen molar-refractivity contribution >= 4 is 11.6 Å². The fourth-order valence-electron chi connectivity index (χ4n) is 1.16. The van der Waals surface area contributed by atoms with Crippen LogP contribution in [-0.2, 0) is 0 Å². The number of ether oxygens (including phenoxy) is 1. The van der Waals surface area contributed by atoms with Gasteiger partial charge in [-0.15, -0.1) is 0 Å². The Morgan fingerprint density at radius 3 is 2.80 bits per heavy atom. The lowest BCUT2D eigenvalue weighted by Gasteiger charge is -2.07. The summed E-state index contributed by atoms with van der Waals surface area (Å²) < 4.78 is 4.98. The van der Waals surface area contributed by atoms with Crippen LogP contribution in [0.1, 0.15) is 10.4 Å². The van der Waals surface area contributed by atoms with E-state index in [0.29, 0.717) is 30.1 Å². The van der Waals surface area contributed by atoms with E-state index in [4.69, 9.17) is 16.2 Å². The van der Waals surface area contributed by atoms with E-state index in [1.807, 2.05) is 0 Å². The molecule has 0 radical (unpaired) electrons. The van der Waals surface area contributed by atoms with Gasteiger partial charge >= 0.3 is 0 Å². The maximum atomic E-state index is 11.5. The number of hydrogen-bond acceptors (Lipinski definition) is 4. The summed E-state index contributed by atoms with van der Waals surface area (Å²) in [5.74, 6) is 0.375. The van der Waals surface area contributed by atoms with Crippen molar-refractivity contribution < 1.29 is 9.53 Å². The minimum atomic E-state index is -0.185. The predicted octanol–water partition coefficient (Wildman–Crippen LogP) is -0.0341. The summed E-state index contributed by atoms with van der Waals surface area (Å²) in [5, 5.41) is 2.65. The smallest absolute Gasteiger partial charge is 0.251 e. The number of amides is 1. The molecule has 5 N–H and O–H groups in total. The van der Waals surface area contributed by atoms with Gasteiger partial charge in [0.25, 0.3) is 5.91 Å². The highest BCUT2D eigenvalue weighted by Gasteiger charge is 2.07. The highest BCUT2D eigenvalue weighted by atomic mass is 16.5. The Bertz CT molecular complexity index is 353. The molecule has 0 bridgehead atoms. The van der Waals surface area contributed by atoms with Crippen LogP contribution < -0.4 is 21.5 Å². The van der Waals surface area contributed by atoms with Crippen LogP contribution in [0.25, 0.3) is 0 Å². The van der Waals surface area contributed by atoms with Crippen LogP contribution >= 0.6 is 0 Å². The minimum absolute atomic E-state index is 0.185. The van der Waals surface area contributed by atoms with E-state index in [1.54, 1.807) is 18.2 Å². The molecule has 1 aromatic carbocycles. The molecular weight excluding hydrogens is 194 g/mol. The first-order valence-electron chi connectivity index (χ1n) is 4.61. The van der Waals surface area contributed by atoms with Crippen molar-refractivity contribution in [3.8, 4) is 5.75 Å². The molecule has 1 aromatic rings. The largest absolute Gasteiger partial charge is 0.495 e. The average molecular weight is 209 g/mol. The van der Waals surface area contributed by atoms with Gasteiger partial charge in [-0.1, -0.05) is 0 Å². The zero-order valence-corrected chi connectivity index (χ0v) is 8.62. The number of nitrogen functional groups attached to an aromatic ring is 1. The van der Waals surface area contributed by atoms with Crippen LogP contribution in [-0.4, -0.2) is 26.1 Å². The van der Waals surface area contributed by atoms with Gasteiger partial charge < -0.3 is 21.5 Å². The molecule has 1 rings (SSSR count). The van der Waals surface area contributed by atoms with Gasteiger partial charge in [0.1, 0.15) is 5.75 Å².